The number of carbonyl (C=O) groups is 2. The highest BCUT2D eigenvalue weighted by atomic mass is 16.2. The molecule has 0 heterocycles. The van der Waals surface area contributed by atoms with E-state index in [9.17, 15) is 9.59 Å². The minimum Gasteiger partial charge on any atom is -0.346 e. The van der Waals surface area contributed by atoms with Gasteiger partial charge in [0.15, 0.2) is 0 Å². The van der Waals surface area contributed by atoms with Crippen molar-refractivity contribution in [1.29, 1.82) is 0 Å². The SMILES string of the molecule is CN(CCCCCCC(=O)N(C)C1CCCCC1)C(=O)C1CCCCC1. The number of unbranched alkanes of at least 4 members (excludes halogenated alkanes) is 3. The Kier molecular flexibility index (Phi) is 9.49. The van der Waals surface area contributed by atoms with E-state index >= 15 is 0 Å². The van der Waals surface area contributed by atoms with Crippen molar-refractivity contribution in [2.24, 2.45) is 5.92 Å². The highest BCUT2D eigenvalue weighted by molar-refractivity contribution is 5.78. The number of hydrogen-bond acceptors (Lipinski definition) is 2. The molecule has 150 valence electrons. The van der Waals surface area contributed by atoms with Gasteiger partial charge in [-0.25, -0.2) is 0 Å². The fourth-order valence-corrected chi connectivity index (χ4v) is 4.60. The molecule has 0 aromatic carbocycles. The van der Waals surface area contributed by atoms with Gasteiger partial charge in [-0.1, -0.05) is 51.4 Å². The zero-order chi connectivity index (χ0) is 18.8. The third-order valence-electron chi connectivity index (χ3n) is 6.48. The van der Waals surface area contributed by atoms with Gasteiger partial charge in [0.25, 0.3) is 0 Å². The van der Waals surface area contributed by atoms with Crippen LogP contribution in [-0.4, -0.2) is 48.3 Å². The highest BCUT2D eigenvalue weighted by Crippen LogP contribution is 2.25. The van der Waals surface area contributed by atoms with Crippen molar-refractivity contribution in [3.8, 4) is 0 Å². The molecule has 0 N–H and O–H groups in total. The van der Waals surface area contributed by atoms with E-state index in [1.165, 1.54) is 51.4 Å². The molecule has 0 radical (unpaired) electrons. The molecule has 0 aliphatic heterocycles. The predicted octanol–water partition coefficient (Wildman–Crippen LogP) is 4.77. The van der Waals surface area contributed by atoms with Gasteiger partial charge >= 0.3 is 0 Å². The first-order valence-corrected chi connectivity index (χ1v) is 11.1. The smallest absolute Gasteiger partial charge is 0.225 e. The van der Waals surface area contributed by atoms with Gasteiger partial charge in [-0.15, -0.1) is 0 Å². The van der Waals surface area contributed by atoms with Crippen LogP contribution in [0, 0.1) is 5.92 Å². The van der Waals surface area contributed by atoms with Gasteiger partial charge in [-0.2, -0.15) is 0 Å². The second kappa shape index (κ2) is 11.6. The Hall–Kier alpha value is -1.06. The lowest BCUT2D eigenvalue weighted by molar-refractivity contribution is -0.135. The van der Waals surface area contributed by atoms with E-state index in [0.717, 1.165) is 45.1 Å². The molecule has 0 bridgehead atoms. The van der Waals surface area contributed by atoms with Crippen LogP contribution in [0.3, 0.4) is 0 Å². The van der Waals surface area contributed by atoms with Crippen LogP contribution in [0.2, 0.25) is 0 Å². The summed E-state index contributed by atoms with van der Waals surface area (Å²) in [4.78, 5) is 28.7. The van der Waals surface area contributed by atoms with Crippen molar-refractivity contribution in [3.05, 3.63) is 0 Å². The molecule has 0 saturated heterocycles. The molecule has 26 heavy (non-hydrogen) atoms. The molecule has 0 unspecified atom stereocenters. The van der Waals surface area contributed by atoms with Crippen LogP contribution < -0.4 is 0 Å². The molecule has 2 aliphatic rings. The van der Waals surface area contributed by atoms with E-state index in [4.69, 9.17) is 0 Å². The highest BCUT2D eigenvalue weighted by Gasteiger charge is 2.24. The van der Waals surface area contributed by atoms with Gasteiger partial charge in [-0.05, 0) is 38.5 Å². The molecule has 2 fully saturated rings. The minimum absolute atomic E-state index is 0.279. The van der Waals surface area contributed by atoms with Gasteiger partial charge in [0.05, 0.1) is 0 Å². The molecule has 0 aromatic heterocycles. The topological polar surface area (TPSA) is 40.6 Å². The predicted molar refractivity (Wildman–Crippen MR) is 107 cm³/mol. The summed E-state index contributed by atoms with van der Waals surface area (Å²) in [5.41, 5.74) is 0. The lowest BCUT2D eigenvalue weighted by Gasteiger charge is -2.31. The maximum Gasteiger partial charge on any atom is 0.225 e. The molecule has 0 aromatic rings. The van der Waals surface area contributed by atoms with Crippen molar-refractivity contribution in [2.75, 3.05) is 20.6 Å². The largest absolute Gasteiger partial charge is 0.346 e. The summed E-state index contributed by atoms with van der Waals surface area (Å²) >= 11 is 0. The van der Waals surface area contributed by atoms with Crippen molar-refractivity contribution in [1.82, 2.24) is 9.80 Å². The Bertz CT molecular complexity index is 426. The Labute approximate surface area is 160 Å². The first-order chi connectivity index (χ1) is 12.6. The Morgan fingerprint density at radius 1 is 0.769 bits per heavy atom. The third kappa shape index (κ3) is 6.92. The molecule has 0 atom stereocenters. The first kappa shape index (κ1) is 21.2. The molecule has 2 rings (SSSR count). The van der Waals surface area contributed by atoms with Crippen molar-refractivity contribution < 1.29 is 9.59 Å². The maximum absolute atomic E-state index is 12.4. The summed E-state index contributed by atoms with van der Waals surface area (Å²) in [6.45, 7) is 0.866. The van der Waals surface area contributed by atoms with Gasteiger partial charge in [0.1, 0.15) is 0 Å². The van der Waals surface area contributed by atoms with E-state index in [-0.39, 0.29) is 5.92 Å². The molecular weight excluding hydrogens is 324 g/mol. The monoisotopic (exact) mass is 364 g/mol. The van der Waals surface area contributed by atoms with Crippen molar-refractivity contribution in [3.63, 3.8) is 0 Å². The Balaban J connectivity index is 1.51. The Morgan fingerprint density at radius 3 is 2.00 bits per heavy atom. The van der Waals surface area contributed by atoms with Crippen LogP contribution in [0.25, 0.3) is 0 Å². The average Bonchev–Trinajstić information content (AvgIpc) is 2.70. The van der Waals surface area contributed by atoms with Crippen LogP contribution in [0.4, 0.5) is 0 Å². The maximum atomic E-state index is 12.4. The van der Waals surface area contributed by atoms with Crippen LogP contribution in [0.1, 0.15) is 96.3 Å². The number of nitrogens with zero attached hydrogens (tertiary/aromatic N) is 2. The number of amides is 2. The van der Waals surface area contributed by atoms with Crippen LogP contribution in [0.15, 0.2) is 0 Å². The lowest BCUT2D eigenvalue weighted by Crippen LogP contribution is -2.38. The molecule has 2 saturated carbocycles. The van der Waals surface area contributed by atoms with Crippen LogP contribution in [0.5, 0.6) is 0 Å². The van der Waals surface area contributed by atoms with E-state index < -0.39 is 0 Å². The molecule has 2 amide bonds. The molecule has 0 spiro atoms. The molecule has 4 nitrogen and oxygen atoms in total. The molecule has 2 aliphatic carbocycles. The van der Waals surface area contributed by atoms with E-state index in [1.807, 2.05) is 23.9 Å². The summed E-state index contributed by atoms with van der Waals surface area (Å²) in [5.74, 6) is 0.956. The fraction of sp³-hybridized carbons (Fsp3) is 0.909. The van der Waals surface area contributed by atoms with Gasteiger partial charge in [-0.3, -0.25) is 9.59 Å². The summed E-state index contributed by atoms with van der Waals surface area (Å²) < 4.78 is 0. The summed E-state index contributed by atoms with van der Waals surface area (Å²) in [6, 6.07) is 0.482. The summed E-state index contributed by atoms with van der Waals surface area (Å²) in [6.07, 6.45) is 17.1. The van der Waals surface area contributed by atoms with Crippen LogP contribution >= 0.6 is 0 Å². The summed E-state index contributed by atoms with van der Waals surface area (Å²) in [5, 5.41) is 0. The third-order valence-corrected chi connectivity index (χ3v) is 6.48. The van der Waals surface area contributed by atoms with E-state index in [0.29, 0.717) is 24.3 Å². The van der Waals surface area contributed by atoms with E-state index in [2.05, 4.69) is 0 Å². The second-order valence-corrected chi connectivity index (χ2v) is 8.56. The lowest BCUT2D eigenvalue weighted by atomic mass is 9.88. The quantitative estimate of drug-likeness (QED) is 0.553. The van der Waals surface area contributed by atoms with Crippen molar-refractivity contribution in [2.45, 2.75) is 102 Å². The first-order valence-electron chi connectivity index (χ1n) is 11.1. The zero-order valence-electron chi connectivity index (χ0n) is 17.2. The normalized spacial score (nSPS) is 19.3. The minimum atomic E-state index is 0.279. The average molecular weight is 365 g/mol. The number of rotatable bonds is 9. The number of hydrogen-bond donors (Lipinski definition) is 0. The molecular formula is C22H40N2O2. The van der Waals surface area contributed by atoms with Crippen LogP contribution in [-0.2, 0) is 9.59 Å². The fourth-order valence-electron chi connectivity index (χ4n) is 4.60. The van der Waals surface area contributed by atoms with Gasteiger partial charge in [0, 0.05) is 39.0 Å². The second-order valence-electron chi connectivity index (χ2n) is 8.56. The van der Waals surface area contributed by atoms with Gasteiger partial charge < -0.3 is 9.80 Å². The Morgan fingerprint density at radius 2 is 1.35 bits per heavy atom. The standard InChI is InChI=1S/C22H40N2O2/c1-23(22(26)19-13-7-5-8-14-19)18-12-4-3-11-17-21(25)24(2)20-15-9-6-10-16-20/h19-20H,3-18H2,1-2H3. The van der Waals surface area contributed by atoms with Gasteiger partial charge in [0.2, 0.25) is 11.8 Å². The van der Waals surface area contributed by atoms with E-state index in [1.54, 1.807) is 0 Å². The summed E-state index contributed by atoms with van der Waals surface area (Å²) in [7, 11) is 3.95. The zero-order valence-corrected chi connectivity index (χ0v) is 17.2. The number of carbonyl (C=O) groups excluding carboxylic acids is 2. The molecule has 4 heteroatoms. The van der Waals surface area contributed by atoms with Crippen molar-refractivity contribution >= 4 is 11.8 Å².